The first-order valence-corrected chi connectivity index (χ1v) is 8.22. The number of phenolic OH excluding ortho intramolecular Hbond substituents is 1. The molecular formula is C12H12N4O3S2. The summed E-state index contributed by atoms with van der Waals surface area (Å²) in [5.41, 5.74) is 1.36. The maximum atomic E-state index is 12.0. The molecule has 110 valence electrons. The molecule has 2 heterocycles. The van der Waals surface area contributed by atoms with Gasteiger partial charge in [0.25, 0.3) is 10.0 Å². The van der Waals surface area contributed by atoms with Crippen molar-refractivity contribution >= 4 is 26.3 Å². The maximum Gasteiger partial charge on any atom is 0.271 e. The molecule has 0 aliphatic heterocycles. The minimum atomic E-state index is -3.55. The Morgan fingerprint density at radius 1 is 1.33 bits per heavy atom. The average molecular weight is 324 g/mol. The number of hydrogen-bond acceptors (Lipinski definition) is 6. The Kier molecular flexibility index (Phi) is 3.19. The minimum absolute atomic E-state index is 0.00235. The largest absolute Gasteiger partial charge is 0.508 e. The van der Waals surface area contributed by atoms with Crippen molar-refractivity contribution in [2.24, 2.45) is 0 Å². The molecule has 0 amide bonds. The van der Waals surface area contributed by atoms with Gasteiger partial charge in [-0.15, -0.1) is 5.10 Å². The molecule has 7 nitrogen and oxygen atoms in total. The zero-order valence-electron chi connectivity index (χ0n) is 11.3. The van der Waals surface area contributed by atoms with Crippen LogP contribution in [0.3, 0.4) is 0 Å². The van der Waals surface area contributed by atoms with Crippen molar-refractivity contribution in [2.75, 3.05) is 14.1 Å². The molecule has 3 aromatic rings. The van der Waals surface area contributed by atoms with E-state index < -0.39 is 10.0 Å². The van der Waals surface area contributed by atoms with Crippen molar-refractivity contribution in [3.05, 3.63) is 30.5 Å². The Balaban J connectivity index is 2.06. The highest BCUT2D eigenvalue weighted by atomic mass is 32.2. The van der Waals surface area contributed by atoms with Gasteiger partial charge in [-0.25, -0.2) is 22.2 Å². The lowest BCUT2D eigenvalue weighted by Gasteiger charge is -2.06. The number of phenols is 1. The molecule has 0 unspecified atom stereocenters. The van der Waals surface area contributed by atoms with E-state index in [1.165, 1.54) is 18.6 Å². The predicted molar refractivity (Wildman–Crippen MR) is 78.8 cm³/mol. The molecular weight excluding hydrogens is 312 g/mol. The lowest BCUT2D eigenvalue weighted by Crippen LogP contribution is -2.22. The van der Waals surface area contributed by atoms with Crippen molar-refractivity contribution in [2.45, 2.75) is 4.34 Å². The van der Waals surface area contributed by atoms with Crippen LogP contribution in [0.1, 0.15) is 0 Å². The number of fused-ring (bicyclic) bond motifs is 1. The average Bonchev–Trinajstić information content (AvgIpc) is 2.96. The molecule has 1 N–H and O–H groups in total. The molecule has 3 rings (SSSR count). The Morgan fingerprint density at radius 3 is 2.71 bits per heavy atom. The van der Waals surface area contributed by atoms with E-state index in [0.717, 1.165) is 21.2 Å². The molecule has 0 atom stereocenters. The first-order valence-electron chi connectivity index (χ1n) is 5.96. The highest BCUT2D eigenvalue weighted by Gasteiger charge is 2.23. The van der Waals surface area contributed by atoms with E-state index in [0.29, 0.717) is 10.7 Å². The van der Waals surface area contributed by atoms with Gasteiger partial charge in [0.1, 0.15) is 5.75 Å². The predicted octanol–water partition coefficient (Wildman–Crippen LogP) is 1.41. The maximum absolute atomic E-state index is 12.0. The first-order chi connectivity index (χ1) is 9.88. The van der Waals surface area contributed by atoms with E-state index in [1.807, 2.05) is 6.07 Å². The van der Waals surface area contributed by atoms with Crippen molar-refractivity contribution in [1.29, 1.82) is 0 Å². The fourth-order valence-electron chi connectivity index (χ4n) is 1.75. The Bertz CT molecular complexity index is 880. The number of nitrogens with zero attached hydrogens (tertiary/aromatic N) is 4. The van der Waals surface area contributed by atoms with Crippen molar-refractivity contribution in [3.8, 4) is 17.0 Å². The molecule has 1 aromatic carbocycles. The fourth-order valence-corrected chi connectivity index (χ4v) is 3.96. The van der Waals surface area contributed by atoms with Crippen LogP contribution in [0.25, 0.3) is 16.2 Å². The van der Waals surface area contributed by atoms with Crippen LogP contribution in [0.2, 0.25) is 0 Å². The SMILES string of the molecule is CN(C)S(=O)(=O)c1nn2cc(-c3cccc(O)c3)nc2s1. The fraction of sp³-hybridized carbons (Fsp3) is 0.167. The monoisotopic (exact) mass is 324 g/mol. The molecule has 21 heavy (non-hydrogen) atoms. The van der Waals surface area contributed by atoms with Gasteiger partial charge in [0.05, 0.1) is 11.9 Å². The van der Waals surface area contributed by atoms with Gasteiger partial charge in [-0.1, -0.05) is 23.5 Å². The third kappa shape index (κ3) is 2.39. The van der Waals surface area contributed by atoms with Gasteiger partial charge in [0.15, 0.2) is 0 Å². The summed E-state index contributed by atoms with van der Waals surface area (Å²) in [6.07, 6.45) is 1.63. The summed E-state index contributed by atoms with van der Waals surface area (Å²) >= 11 is 1.00. The van der Waals surface area contributed by atoms with Crippen molar-refractivity contribution in [3.63, 3.8) is 0 Å². The van der Waals surface area contributed by atoms with E-state index in [9.17, 15) is 13.5 Å². The van der Waals surface area contributed by atoms with Crippen LogP contribution in [-0.4, -0.2) is 46.5 Å². The van der Waals surface area contributed by atoms with E-state index in [2.05, 4.69) is 10.1 Å². The van der Waals surface area contributed by atoms with E-state index >= 15 is 0 Å². The molecule has 0 saturated heterocycles. The lowest BCUT2D eigenvalue weighted by atomic mass is 10.2. The van der Waals surface area contributed by atoms with E-state index in [-0.39, 0.29) is 10.1 Å². The Hall–Kier alpha value is -1.97. The lowest BCUT2D eigenvalue weighted by molar-refractivity contribution is 0.475. The topological polar surface area (TPSA) is 87.8 Å². The second kappa shape index (κ2) is 4.79. The third-order valence-electron chi connectivity index (χ3n) is 2.87. The Labute approximate surface area is 125 Å². The molecule has 9 heteroatoms. The van der Waals surface area contributed by atoms with Crippen molar-refractivity contribution < 1.29 is 13.5 Å². The van der Waals surface area contributed by atoms with Crippen LogP contribution in [-0.2, 0) is 10.0 Å². The van der Waals surface area contributed by atoms with Gasteiger partial charge in [-0.3, -0.25) is 0 Å². The normalized spacial score (nSPS) is 12.3. The van der Waals surface area contributed by atoms with Gasteiger partial charge in [-0.2, -0.15) is 0 Å². The standard InChI is InChI=1S/C12H12N4O3S2/c1-15(2)21(18,19)12-14-16-7-10(13-11(16)20-12)8-4-3-5-9(17)6-8/h3-7,17H,1-2H3. The number of benzene rings is 1. The number of hydrogen-bond donors (Lipinski definition) is 1. The van der Waals surface area contributed by atoms with Crippen LogP contribution in [0.5, 0.6) is 5.75 Å². The summed E-state index contributed by atoms with van der Waals surface area (Å²) in [5, 5.41) is 13.5. The van der Waals surface area contributed by atoms with E-state index in [4.69, 9.17) is 0 Å². The van der Waals surface area contributed by atoms with Gasteiger partial charge < -0.3 is 5.11 Å². The number of aromatic nitrogens is 3. The van der Waals surface area contributed by atoms with Crippen LogP contribution >= 0.6 is 11.3 Å². The number of sulfonamides is 1. The molecule has 0 fully saturated rings. The summed E-state index contributed by atoms with van der Waals surface area (Å²) in [7, 11) is -0.641. The number of aromatic hydroxyl groups is 1. The summed E-state index contributed by atoms with van der Waals surface area (Å²) in [6.45, 7) is 0. The first kappa shape index (κ1) is 14.0. The molecule has 2 aromatic heterocycles. The van der Waals surface area contributed by atoms with Crippen LogP contribution in [0.4, 0.5) is 0 Å². The summed E-state index contributed by atoms with van der Waals surface area (Å²) in [5.74, 6) is 0.146. The van der Waals surface area contributed by atoms with Crippen molar-refractivity contribution in [1.82, 2.24) is 18.9 Å². The van der Waals surface area contributed by atoms with Gasteiger partial charge in [-0.05, 0) is 12.1 Å². The number of rotatable bonds is 3. The number of imidazole rings is 1. The Morgan fingerprint density at radius 2 is 2.10 bits per heavy atom. The summed E-state index contributed by atoms with van der Waals surface area (Å²) in [6, 6.07) is 6.68. The summed E-state index contributed by atoms with van der Waals surface area (Å²) in [4.78, 5) is 4.82. The van der Waals surface area contributed by atoms with Gasteiger partial charge >= 0.3 is 0 Å². The second-order valence-corrected chi connectivity index (χ2v) is 7.84. The highest BCUT2D eigenvalue weighted by molar-refractivity contribution is 7.91. The smallest absolute Gasteiger partial charge is 0.271 e. The van der Waals surface area contributed by atoms with Crippen LogP contribution < -0.4 is 0 Å². The molecule has 0 aliphatic rings. The van der Waals surface area contributed by atoms with Crippen LogP contribution in [0, 0.1) is 0 Å². The zero-order valence-corrected chi connectivity index (χ0v) is 12.9. The molecule has 0 bridgehead atoms. The zero-order chi connectivity index (χ0) is 15.2. The molecule has 0 saturated carbocycles. The van der Waals surface area contributed by atoms with Gasteiger partial charge in [0, 0.05) is 19.7 Å². The molecule has 0 spiro atoms. The molecule has 0 radical (unpaired) electrons. The highest BCUT2D eigenvalue weighted by Crippen LogP contribution is 2.26. The quantitative estimate of drug-likeness (QED) is 0.787. The van der Waals surface area contributed by atoms with E-state index in [1.54, 1.807) is 24.4 Å². The third-order valence-corrected chi connectivity index (χ3v) is 5.95. The molecule has 0 aliphatic carbocycles. The second-order valence-electron chi connectivity index (χ2n) is 4.56. The van der Waals surface area contributed by atoms with Gasteiger partial charge in [0.2, 0.25) is 9.30 Å². The minimum Gasteiger partial charge on any atom is -0.508 e. The van der Waals surface area contributed by atoms with Crippen LogP contribution in [0.15, 0.2) is 34.8 Å². The summed E-state index contributed by atoms with van der Waals surface area (Å²) < 4.78 is 26.5.